The van der Waals surface area contributed by atoms with Crippen LogP contribution in [0.1, 0.15) is 18.2 Å². The maximum Gasteiger partial charge on any atom is 0.147 e. The molecular formula is C21H20N4OS2. The zero-order valence-corrected chi connectivity index (χ0v) is 17.3. The smallest absolute Gasteiger partial charge is 0.147 e. The number of benzene rings is 1. The number of thioether (sulfide) groups is 1. The Kier molecular flexibility index (Phi) is 5.83. The van der Waals surface area contributed by atoms with Gasteiger partial charge in [-0.2, -0.15) is 0 Å². The van der Waals surface area contributed by atoms with Crippen molar-refractivity contribution < 1.29 is 4.74 Å². The highest BCUT2D eigenvalue weighted by Crippen LogP contribution is 2.29. The van der Waals surface area contributed by atoms with Crippen LogP contribution in [0.4, 0.5) is 0 Å². The Labute approximate surface area is 172 Å². The quantitative estimate of drug-likeness (QED) is 0.304. The second-order valence-electron chi connectivity index (χ2n) is 6.18. The number of para-hydroxylation sites is 2. The number of pyridine rings is 2. The minimum atomic E-state index is -0.0471. The van der Waals surface area contributed by atoms with Crippen LogP contribution in [0, 0.1) is 6.92 Å². The molecule has 3 aromatic heterocycles. The van der Waals surface area contributed by atoms with E-state index in [0.29, 0.717) is 0 Å². The lowest BCUT2D eigenvalue weighted by molar-refractivity contribution is 0.304. The second-order valence-corrected chi connectivity index (χ2v) is 8.44. The fourth-order valence-electron chi connectivity index (χ4n) is 2.79. The van der Waals surface area contributed by atoms with Gasteiger partial charge >= 0.3 is 0 Å². The summed E-state index contributed by atoms with van der Waals surface area (Å²) in [5.41, 5.74) is 4.13. The average molecular weight is 409 g/mol. The van der Waals surface area contributed by atoms with Crippen LogP contribution in [-0.2, 0) is 5.75 Å². The molecule has 1 unspecified atom stereocenters. The monoisotopic (exact) mass is 408 g/mol. The number of ether oxygens (including phenoxy) is 1. The van der Waals surface area contributed by atoms with Gasteiger partial charge in [0.1, 0.15) is 17.5 Å². The molecule has 0 N–H and O–H groups in total. The van der Waals surface area contributed by atoms with Crippen molar-refractivity contribution in [1.29, 1.82) is 0 Å². The molecule has 0 fully saturated rings. The van der Waals surface area contributed by atoms with E-state index in [1.165, 1.54) is 0 Å². The zero-order valence-electron chi connectivity index (χ0n) is 15.6. The molecule has 0 radical (unpaired) electrons. The maximum absolute atomic E-state index is 6.15. The first kappa shape index (κ1) is 18.8. The molecule has 0 aliphatic carbocycles. The molecule has 5 nitrogen and oxygen atoms in total. The lowest BCUT2D eigenvalue weighted by atomic mass is 10.2. The highest BCUT2D eigenvalue weighted by atomic mass is 32.2. The third-order valence-corrected chi connectivity index (χ3v) is 6.12. The summed E-state index contributed by atoms with van der Waals surface area (Å²) in [5, 5.41) is 0.949. The van der Waals surface area contributed by atoms with Gasteiger partial charge in [-0.25, -0.2) is 9.97 Å². The number of hydrogen-bond donors (Lipinski definition) is 0. The third-order valence-electron chi connectivity index (χ3n) is 4.24. The zero-order chi connectivity index (χ0) is 19.3. The van der Waals surface area contributed by atoms with Gasteiger partial charge in [0, 0.05) is 18.0 Å². The fourth-order valence-corrected chi connectivity index (χ4v) is 4.52. The molecule has 1 aromatic carbocycles. The molecular weight excluding hydrogens is 388 g/mol. The van der Waals surface area contributed by atoms with Gasteiger partial charge in [0.05, 0.1) is 27.5 Å². The molecule has 0 spiro atoms. The van der Waals surface area contributed by atoms with Gasteiger partial charge in [-0.3, -0.25) is 8.96 Å². The van der Waals surface area contributed by atoms with Gasteiger partial charge < -0.3 is 4.74 Å². The second kappa shape index (κ2) is 8.67. The van der Waals surface area contributed by atoms with E-state index in [0.717, 1.165) is 38.8 Å². The summed E-state index contributed by atoms with van der Waals surface area (Å²) in [6, 6.07) is 15.9. The molecule has 0 saturated heterocycles. The standard InChI is InChI=1S/C21H20N4OS2/c1-15-18(13-27-25-14-24-17-7-3-4-8-19(17)25)22-12-10-20(15)26-16(2)28-21-9-5-6-11-23-21/h3-12,14,16H,13H2,1-2H3. The highest BCUT2D eigenvalue weighted by molar-refractivity contribution is 7.99. The van der Waals surface area contributed by atoms with E-state index in [1.54, 1.807) is 29.9 Å². The van der Waals surface area contributed by atoms with Crippen molar-refractivity contribution in [3.63, 3.8) is 0 Å². The van der Waals surface area contributed by atoms with Crippen molar-refractivity contribution in [3.8, 4) is 5.75 Å². The number of nitrogens with zero attached hydrogens (tertiary/aromatic N) is 4. The van der Waals surface area contributed by atoms with Crippen LogP contribution >= 0.6 is 23.7 Å². The van der Waals surface area contributed by atoms with Gasteiger partial charge in [-0.1, -0.05) is 30.0 Å². The SMILES string of the molecule is Cc1c(OC(C)Sc2ccccn2)ccnc1CSn1cnc2ccccc21. The molecule has 3 heterocycles. The van der Waals surface area contributed by atoms with Crippen molar-refractivity contribution in [2.75, 3.05) is 0 Å². The molecule has 28 heavy (non-hydrogen) atoms. The van der Waals surface area contributed by atoms with Crippen LogP contribution in [0.15, 0.2) is 72.3 Å². The van der Waals surface area contributed by atoms with Crippen molar-refractivity contribution in [2.45, 2.75) is 30.1 Å². The molecule has 4 rings (SSSR count). The molecule has 7 heteroatoms. The van der Waals surface area contributed by atoms with Gasteiger partial charge in [0.2, 0.25) is 0 Å². The summed E-state index contributed by atoms with van der Waals surface area (Å²) in [6.07, 6.45) is 5.46. The van der Waals surface area contributed by atoms with Crippen LogP contribution in [0.2, 0.25) is 0 Å². The van der Waals surface area contributed by atoms with Crippen molar-refractivity contribution in [3.05, 3.63) is 78.5 Å². The molecule has 0 aliphatic rings. The van der Waals surface area contributed by atoms with Crippen molar-refractivity contribution in [1.82, 2.24) is 18.9 Å². The number of imidazole rings is 1. The van der Waals surface area contributed by atoms with E-state index >= 15 is 0 Å². The van der Waals surface area contributed by atoms with E-state index in [4.69, 9.17) is 4.74 Å². The first-order valence-electron chi connectivity index (χ1n) is 8.95. The highest BCUT2D eigenvalue weighted by Gasteiger charge is 2.12. The Morgan fingerprint density at radius 3 is 2.71 bits per heavy atom. The van der Waals surface area contributed by atoms with E-state index in [-0.39, 0.29) is 5.44 Å². The number of hydrogen-bond acceptors (Lipinski definition) is 6. The van der Waals surface area contributed by atoms with E-state index < -0.39 is 0 Å². The van der Waals surface area contributed by atoms with Crippen LogP contribution in [0.25, 0.3) is 11.0 Å². The van der Waals surface area contributed by atoms with Crippen LogP contribution in [0.5, 0.6) is 5.75 Å². The lowest BCUT2D eigenvalue weighted by Crippen LogP contribution is -2.09. The molecule has 0 aliphatic heterocycles. The van der Waals surface area contributed by atoms with Gasteiger partial charge in [0.15, 0.2) is 0 Å². The minimum absolute atomic E-state index is 0.0471. The summed E-state index contributed by atoms with van der Waals surface area (Å²) in [6.45, 7) is 4.09. The van der Waals surface area contributed by atoms with Crippen molar-refractivity contribution >= 4 is 34.7 Å². The summed E-state index contributed by atoms with van der Waals surface area (Å²) < 4.78 is 8.24. The Morgan fingerprint density at radius 2 is 1.86 bits per heavy atom. The lowest BCUT2D eigenvalue weighted by Gasteiger charge is -2.17. The summed E-state index contributed by atoms with van der Waals surface area (Å²) in [4.78, 5) is 13.3. The molecule has 1 atom stereocenters. The molecule has 142 valence electrons. The first-order chi connectivity index (χ1) is 13.7. The normalized spacial score (nSPS) is 12.2. The van der Waals surface area contributed by atoms with Crippen LogP contribution in [0.3, 0.4) is 0 Å². The third kappa shape index (κ3) is 4.31. The van der Waals surface area contributed by atoms with Gasteiger partial charge in [0.25, 0.3) is 0 Å². The average Bonchev–Trinajstić information content (AvgIpc) is 3.12. The predicted octanol–water partition coefficient (Wildman–Crippen LogP) is 5.35. The van der Waals surface area contributed by atoms with Gasteiger partial charge in [-0.15, -0.1) is 0 Å². The Bertz CT molecular complexity index is 1070. The minimum Gasteiger partial charge on any atom is -0.479 e. The Balaban J connectivity index is 1.44. The summed E-state index contributed by atoms with van der Waals surface area (Å²) in [5.74, 6) is 1.60. The molecule has 0 saturated carbocycles. The van der Waals surface area contributed by atoms with E-state index in [1.807, 2.05) is 61.9 Å². The van der Waals surface area contributed by atoms with Crippen LogP contribution < -0.4 is 4.74 Å². The summed E-state index contributed by atoms with van der Waals surface area (Å²) >= 11 is 3.27. The number of fused-ring (bicyclic) bond motifs is 1. The first-order valence-corrected chi connectivity index (χ1v) is 10.8. The predicted molar refractivity (Wildman–Crippen MR) is 116 cm³/mol. The largest absolute Gasteiger partial charge is 0.479 e. The fraction of sp³-hybridized carbons (Fsp3) is 0.190. The Hall–Kier alpha value is -2.51. The molecule has 0 amide bonds. The topological polar surface area (TPSA) is 52.8 Å². The maximum atomic E-state index is 6.15. The van der Waals surface area contributed by atoms with Crippen LogP contribution in [-0.4, -0.2) is 24.4 Å². The number of rotatable bonds is 7. The van der Waals surface area contributed by atoms with E-state index in [2.05, 4.69) is 31.9 Å². The van der Waals surface area contributed by atoms with Crippen molar-refractivity contribution in [2.24, 2.45) is 0 Å². The van der Waals surface area contributed by atoms with E-state index in [9.17, 15) is 0 Å². The number of aromatic nitrogens is 4. The molecule has 0 bridgehead atoms. The molecule has 4 aromatic rings. The Morgan fingerprint density at radius 1 is 1.00 bits per heavy atom. The van der Waals surface area contributed by atoms with Gasteiger partial charge in [-0.05, 0) is 56.1 Å². The summed E-state index contributed by atoms with van der Waals surface area (Å²) in [7, 11) is 0.